The Morgan fingerprint density at radius 1 is 0.921 bits per heavy atom. The summed E-state index contributed by atoms with van der Waals surface area (Å²) in [7, 11) is -7.69. The molecule has 4 rings (SSSR count). The second kappa shape index (κ2) is 11.6. The Hall–Kier alpha value is -2.70. The van der Waals surface area contributed by atoms with Gasteiger partial charge in [0.1, 0.15) is 5.82 Å². The number of piperidine rings is 1. The molecule has 0 radical (unpaired) electrons. The summed E-state index contributed by atoms with van der Waals surface area (Å²) in [5.74, 6) is -1.98. The molecule has 38 heavy (non-hydrogen) atoms. The minimum atomic E-state index is -3.86. The van der Waals surface area contributed by atoms with Gasteiger partial charge in [-0.15, -0.1) is 0 Å². The molecule has 0 bridgehead atoms. The van der Waals surface area contributed by atoms with E-state index in [0.717, 1.165) is 6.07 Å². The summed E-state index contributed by atoms with van der Waals surface area (Å²) in [6.07, 6.45) is 0.568. The first-order chi connectivity index (χ1) is 17.9. The predicted octanol–water partition coefficient (Wildman–Crippen LogP) is 5.11. The number of amides is 1. The quantitative estimate of drug-likeness (QED) is 0.373. The van der Waals surface area contributed by atoms with Crippen LogP contribution in [0.3, 0.4) is 0 Å². The topological polar surface area (TPSA) is 113 Å². The molecular formula is C25H24Cl2FN3O5S2. The van der Waals surface area contributed by atoms with E-state index in [1.165, 1.54) is 46.8 Å². The molecule has 8 nitrogen and oxygen atoms in total. The third-order valence-electron chi connectivity index (χ3n) is 6.12. The molecule has 2 N–H and O–H groups in total. The SMILES string of the molecule is O=C(Nc1ccc(S(=O)(=O)Nc2cccc(Cl)c2)cc1)C1CCN(S(=O)(=O)Cc2c(F)cccc2Cl)CC1. The van der Waals surface area contributed by atoms with Gasteiger partial charge in [-0.1, -0.05) is 35.3 Å². The summed E-state index contributed by atoms with van der Waals surface area (Å²) in [5, 5.41) is 3.18. The second-order valence-electron chi connectivity index (χ2n) is 8.76. The van der Waals surface area contributed by atoms with Crippen LogP contribution >= 0.6 is 23.2 Å². The summed E-state index contributed by atoms with van der Waals surface area (Å²) in [6.45, 7) is 0.220. The van der Waals surface area contributed by atoms with Gasteiger partial charge in [0.2, 0.25) is 15.9 Å². The van der Waals surface area contributed by atoms with Crippen molar-refractivity contribution in [3.05, 3.63) is 88.2 Å². The maximum atomic E-state index is 14.1. The highest BCUT2D eigenvalue weighted by molar-refractivity contribution is 7.92. The van der Waals surface area contributed by atoms with Gasteiger partial charge in [0.15, 0.2) is 0 Å². The zero-order chi connectivity index (χ0) is 27.5. The number of benzene rings is 3. The highest BCUT2D eigenvalue weighted by atomic mass is 35.5. The molecular weight excluding hydrogens is 576 g/mol. The van der Waals surface area contributed by atoms with E-state index in [0.29, 0.717) is 16.4 Å². The van der Waals surface area contributed by atoms with Gasteiger partial charge in [-0.05, 0) is 67.4 Å². The van der Waals surface area contributed by atoms with Crippen molar-refractivity contribution in [3.8, 4) is 0 Å². The second-order valence-corrected chi connectivity index (χ2v) is 13.3. The number of carbonyl (C=O) groups excluding carboxylic acids is 1. The van der Waals surface area contributed by atoms with E-state index in [-0.39, 0.29) is 47.3 Å². The molecule has 1 amide bonds. The number of carbonyl (C=O) groups is 1. The van der Waals surface area contributed by atoms with Crippen molar-refractivity contribution in [3.63, 3.8) is 0 Å². The van der Waals surface area contributed by atoms with Gasteiger partial charge in [-0.3, -0.25) is 9.52 Å². The minimum Gasteiger partial charge on any atom is -0.326 e. The lowest BCUT2D eigenvalue weighted by Gasteiger charge is -2.30. The molecule has 13 heteroatoms. The summed E-state index contributed by atoms with van der Waals surface area (Å²) < 4.78 is 68.6. The normalized spacial score (nSPS) is 15.2. The number of nitrogens with one attached hydrogen (secondary N) is 2. The molecule has 1 saturated heterocycles. The predicted molar refractivity (Wildman–Crippen MR) is 146 cm³/mol. The molecule has 0 aromatic heterocycles. The molecule has 1 aliphatic rings. The van der Waals surface area contributed by atoms with Crippen LogP contribution in [0.25, 0.3) is 0 Å². The first-order valence-corrected chi connectivity index (χ1v) is 15.4. The Morgan fingerprint density at radius 2 is 1.58 bits per heavy atom. The van der Waals surface area contributed by atoms with Crippen LogP contribution in [-0.4, -0.2) is 40.1 Å². The molecule has 1 fully saturated rings. The smallest absolute Gasteiger partial charge is 0.261 e. The molecule has 3 aromatic carbocycles. The largest absolute Gasteiger partial charge is 0.326 e. The van der Waals surface area contributed by atoms with Gasteiger partial charge in [-0.25, -0.2) is 25.5 Å². The number of hydrogen-bond acceptors (Lipinski definition) is 5. The van der Waals surface area contributed by atoms with Crippen LogP contribution in [0.5, 0.6) is 0 Å². The number of hydrogen-bond donors (Lipinski definition) is 2. The summed E-state index contributed by atoms with van der Waals surface area (Å²) in [5.41, 5.74) is 0.642. The molecule has 1 heterocycles. The Bertz CT molecular complexity index is 1520. The van der Waals surface area contributed by atoms with Gasteiger partial charge >= 0.3 is 0 Å². The first kappa shape index (κ1) is 28.3. The third kappa shape index (κ3) is 6.83. The summed E-state index contributed by atoms with van der Waals surface area (Å²) in [6, 6.07) is 16.0. The molecule has 1 aliphatic heterocycles. The van der Waals surface area contributed by atoms with E-state index in [2.05, 4.69) is 10.0 Å². The lowest BCUT2D eigenvalue weighted by Crippen LogP contribution is -2.42. The number of anilines is 2. The minimum absolute atomic E-state index is 0.00365. The van der Waals surface area contributed by atoms with Crippen LogP contribution in [0.15, 0.2) is 71.6 Å². The fourth-order valence-corrected chi connectivity index (χ4v) is 7.22. The highest BCUT2D eigenvalue weighted by Crippen LogP contribution is 2.27. The summed E-state index contributed by atoms with van der Waals surface area (Å²) >= 11 is 11.9. The molecule has 0 unspecified atom stereocenters. The van der Waals surface area contributed by atoms with Crippen LogP contribution in [0.2, 0.25) is 10.0 Å². The van der Waals surface area contributed by atoms with E-state index >= 15 is 0 Å². The Labute approximate surface area is 230 Å². The number of sulfonamides is 2. The van der Waals surface area contributed by atoms with Gasteiger partial charge < -0.3 is 5.32 Å². The van der Waals surface area contributed by atoms with Crippen LogP contribution in [0, 0.1) is 11.7 Å². The van der Waals surface area contributed by atoms with E-state index < -0.39 is 37.5 Å². The molecule has 0 atom stereocenters. The zero-order valence-electron chi connectivity index (χ0n) is 19.9. The van der Waals surface area contributed by atoms with Gasteiger partial charge in [0.05, 0.1) is 16.3 Å². The van der Waals surface area contributed by atoms with Crippen LogP contribution < -0.4 is 10.0 Å². The van der Waals surface area contributed by atoms with Crippen molar-refractivity contribution in [2.45, 2.75) is 23.5 Å². The van der Waals surface area contributed by atoms with E-state index in [1.807, 2.05) is 0 Å². The molecule has 202 valence electrons. The maximum absolute atomic E-state index is 14.1. The monoisotopic (exact) mass is 599 g/mol. The molecule has 0 spiro atoms. The maximum Gasteiger partial charge on any atom is 0.261 e. The van der Waals surface area contributed by atoms with Crippen LogP contribution in [0.1, 0.15) is 18.4 Å². The average molecular weight is 601 g/mol. The fraction of sp³-hybridized carbons (Fsp3) is 0.240. The Kier molecular flexibility index (Phi) is 8.63. The highest BCUT2D eigenvalue weighted by Gasteiger charge is 2.32. The first-order valence-electron chi connectivity index (χ1n) is 11.5. The Balaban J connectivity index is 1.33. The molecule has 0 aliphatic carbocycles. The molecule has 0 saturated carbocycles. The van der Waals surface area contributed by atoms with Crippen molar-refractivity contribution >= 4 is 60.5 Å². The molecule has 3 aromatic rings. The lowest BCUT2D eigenvalue weighted by atomic mass is 9.97. The van der Waals surface area contributed by atoms with E-state index in [9.17, 15) is 26.0 Å². The standard InChI is InChI=1S/C25H24Cl2FN3O5S2/c26-18-3-1-4-20(15-18)30-38(35,36)21-9-7-19(8-10-21)29-25(32)17-11-13-31(14-12-17)37(33,34)16-22-23(27)5-2-6-24(22)28/h1-10,15,17,30H,11-14,16H2,(H,29,32). The van der Waals surface area contributed by atoms with Crippen molar-refractivity contribution in [2.24, 2.45) is 5.92 Å². The zero-order valence-corrected chi connectivity index (χ0v) is 23.0. The average Bonchev–Trinajstić information content (AvgIpc) is 2.86. The fourth-order valence-electron chi connectivity index (χ4n) is 4.07. The van der Waals surface area contributed by atoms with Crippen LogP contribution in [0.4, 0.5) is 15.8 Å². The van der Waals surface area contributed by atoms with Gasteiger partial charge in [-0.2, -0.15) is 0 Å². The van der Waals surface area contributed by atoms with Crippen molar-refractivity contribution in [1.29, 1.82) is 0 Å². The number of nitrogens with zero attached hydrogens (tertiary/aromatic N) is 1. The number of rotatable bonds is 8. The van der Waals surface area contributed by atoms with Gasteiger partial charge in [0.25, 0.3) is 10.0 Å². The van der Waals surface area contributed by atoms with Crippen LogP contribution in [-0.2, 0) is 30.6 Å². The van der Waals surface area contributed by atoms with E-state index in [1.54, 1.807) is 18.2 Å². The van der Waals surface area contributed by atoms with E-state index in [4.69, 9.17) is 23.2 Å². The van der Waals surface area contributed by atoms with Gasteiger partial charge in [0, 0.05) is 40.3 Å². The third-order valence-corrected chi connectivity index (χ3v) is 9.91. The van der Waals surface area contributed by atoms with Crippen molar-refractivity contribution < 1.29 is 26.0 Å². The summed E-state index contributed by atoms with van der Waals surface area (Å²) in [4.78, 5) is 12.8. The lowest BCUT2D eigenvalue weighted by molar-refractivity contribution is -0.120. The van der Waals surface area contributed by atoms with Crippen molar-refractivity contribution in [1.82, 2.24) is 4.31 Å². The Morgan fingerprint density at radius 3 is 2.21 bits per heavy atom. The number of halogens is 3. The van der Waals surface area contributed by atoms with Crippen molar-refractivity contribution in [2.75, 3.05) is 23.1 Å².